The van der Waals surface area contributed by atoms with Gasteiger partial charge in [-0.1, -0.05) is 0 Å². The number of hydrogen-bond acceptors (Lipinski definition) is 5. The molecule has 7 nitrogen and oxygen atoms in total. The van der Waals surface area contributed by atoms with Gasteiger partial charge < -0.3 is 10.1 Å². The SMILES string of the molecule is C#CCCC1(CCC(=O)NCCn2cc(C3CCOC3)cn2)N=N1. The average Bonchev–Trinajstić information content (AvgIpc) is 2.99. The smallest absolute Gasteiger partial charge is 0.220 e. The van der Waals surface area contributed by atoms with Crippen LogP contribution >= 0.6 is 0 Å². The summed E-state index contributed by atoms with van der Waals surface area (Å²) in [6, 6.07) is 0. The molecule has 1 unspecified atom stereocenters. The van der Waals surface area contributed by atoms with E-state index in [1.165, 1.54) is 5.56 Å². The zero-order valence-corrected chi connectivity index (χ0v) is 13.8. The maximum Gasteiger partial charge on any atom is 0.220 e. The number of aromatic nitrogens is 2. The van der Waals surface area contributed by atoms with Crippen LogP contribution in [0.1, 0.15) is 43.6 Å². The van der Waals surface area contributed by atoms with Gasteiger partial charge in [0, 0.05) is 50.9 Å². The van der Waals surface area contributed by atoms with Crippen LogP contribution in [0.5, 0.6) is 0 Å². The molecule has 1 saturated heterocycles. The van der Waals surface area contributed by atoms with Crippen molar-refractivity contribution in [3.63, 3.8) is 0 Å². The number of carbonyl (C=O) groups is 1. The molecule has 3 heterocycles. The van der Waals surface area contributed by atoms with E-state index in [-0.39, 0.29) is 11.6 Å². The molecule has 1 amide bonds. The monoisotopic (exact) mass is 329 g/mol. The Morgan fingerprint density at radius 2 is 2.38 bits per heavy atom. The van der Waals surface area contributed by atoms with Crippen molar-refractivity contribution >= 4 is 5.91 Å². The van der Waals surface area contributed by atoms with Crippen LogP contribution in [0.25, 0.3) is 0 Å². The number of terminal acetylenes is 1. The molecule has 0 saturated carbocycles. The fraction of sp³-hybridized carbons (Fsp3) is 0.647. The van der Waals surface area contributed by atoms with Gasteiger partial charge in [0.05, 0.1) is 19.3 Å². The molecule has 0 aromatic carbocycles. The van der Waals surface area contributed by atoms with Crippen molar-refractivity contribution in [3.8, 4) is 12.3 Å². The quantitative estimate of drug-likeness (QED) is 0.702. The van der Waals surface area contributed by atoms with Gasteiger partial charge in [-0.05, 0) is 12.0 Å². The molecule has 1 N–H and O–H groups in total. The third kappa shape index (κ3) is 4.42. The Labute approximate surface area is 141 Å². The first-order valence-electron chi connectivity index (χ1n) is 8.45. The lowest BCUT2D eigenvalue weighted by Crippen LogP contribution is -2.28. The first-order valence-corrected chi connectivity index (χ1v) is 8.45. The summed E-state index contributed by atoms with van der Waals surface area (Å²) in [5.74, 6) is 3.06. The number of amides is 1. The van der Waals surface area contributed by atoms with E-state index >= 15 is 0 Å². The largest absolute Gasteiger partial charge is 0.381 e. The maximum atomic E-state index is 11.9. The van der Waals surface area contributed by atoms with E-state index < -0.39 is 0 Å². The van der Waals surface area contributed by atoms with Gasteiger partial charge in [0.1, 0.15) is 0 Å². The molecule has 24 heavy (non-hydrogen) atoms. The summed E-state index contributed by atoms with van der Waals surface area (Å²) in [7, 11) is 0. The van der Waals surface area contributed by atoms with Crippen molar-refractivity contribution in [2.24, 2.45) is 10.2 Å². The van der Waals surface area contributed by atoms with Crippen LogP contribution < -0.4 is 5.32 Å². The van der Waals surface area contributed by atoms with Crippen LogP contribution in [-0.4, -0.2) is 41.1 Å². The lowest BCUT2D eigenvalue weighted by molar-refractivity contribution is -0.121. The van der Waals surface area contributed by atoms with Crippen molar-refractivity contribution in [3.05, 3.63) is 18.0 Å². The zero-order chi connectivity index (χ0) is 16.8. The molecule has 2 aliphatic heterocycles. The summed E-state index contributed by atoms with van der Waals surface area (Å²) in [6.45, 7) is 2.83. The minimum absolute atomic E-state index is 0.0176. The Balaban J connectivity index is 1.33. The second-order valence-electron chi connectivity index (χ2n) is 6.33. The molecule has 1 fully saturated rings. The van der Waals surface area contributed by atoms with Gasteiger partial charge in [-0.2, -0.15) is 15.3 Å². The highest BCUT2D eigenvalue weighted by atomic mass is 16.5. The van der Waals surface area contributed by atoms with E-state index in [0.717, 1.165) is 26.1 Å². The third-order valence-corrected chi connectivity index (χ3v) is 4.52. The number of hydrogen-bond donors (Lipinski definition) is 1. The number of ether oxygens (including phenoxy) is 1. The normalized spacial score (nSPS) is 20.7. The van der Waals surface area contributed by atoms with Gasteiger partial charge in [-0.15, -0.1) is 12.3 Å². The fourth-order valence-electron chi connectivity index (χ4n) is 2.89. The average molecular weight is 329 g/mol. The van der Waals surface area contributed by atoms with E-state index in [4.69, 9.17) is 11.2 Å². The Bertz CT molecular complexity index is 634. The highest BCUT2D eigenvalue weighted by Crippen LogP contribution is 2.37. The first kappa shape index (κ1) is 16.7. The molecule has 2 aliphatic rings. The van der Waals surface area contributed by atoms with E-state index in [2.05, 4.69) is 26.6 Å². The van der Waals surface area contributed by atoms with Crippen LogP contribution in [0.4, 0.5) is 0 Å². The minimum Gasteiger partial charge on any atom is -0.381 e. The van der Waals surface area contributed by atoms with Crippen LogP contribution in [-0.2, 0) is 16.1 Å². The van der Waals surface area contributed by atoms with Crippen molar-refractivity contribution < 1.29 is 9.53 Å². The van der Waals surface area contributed by atoms with E-state index in [1.807, 2.05) is 17.1 Å². The lowest BCUT2D eigenvalue weighted by Gasteiger charge is -2.09. The van der Waals surface area contributed by atoms with Crippen LogP contribution in [0.2, 0.25) is 0 Å². The molecule has 0 spiro atoms. The van der Waals surface area contributed by atoms with E-state index in [9.17, 15) is 4.79 Å². The van der Waals surface area contributed by atoms with Crippen LogP contribution in [0.3, 0.4) is 0 Å². The van der Waals surface area contributed by atoms with Crippen molar-refractivity contribution in [1.29, 1.82) is 0 Å². The van der Waals surface area contributed by atoms with E-state index in [1.54, 1.807) is 0 Å². The molecule has 0 bridgehead atoms. The van der Waals surface area contributed by atoms with Gasteiger partial charge in [0.2, 0.25) is 5.91 Å². The number of carbonyl (C=O) groups excluding carboxylic acids is 1. The predicted octanol–water partition coefficient (Wildman–Crippen LogP) is 1.86. The van der Waals surface area contributed by atoms with Gasteiger partial charge in [-0.3, -0.25) is 9.48 Å². The topological polar surface area (TPSA) is 80.9 Å². The Morgan fingerprint density at radius 1 is 1.50 bits per heavy atom. The predicted molar refractivity (Wildman–Crippen MR) is 88.3 cm³/mol. The molecule has 0 radical (unpaired) electrons. The number of nitrogens with zero attached hydrogens (tertiary/aromatic N) is 4. The van der Waals surface area contributed by atoms with Crippen molar-refractivity contribution in [2.45, 2.75) is 50.2 Å². The second kappa shape index (κ2) is 7.58. The third-order valence-electron chi connectivity index (χ3n) is 4.52. The first-order chi connectivity index (χ1) is 11.7. The molecule has 1 atom stereocenters. The molecule has 1 aromatic heterocycles. The summed E-state index contributed by atoms with van der Waals surface area (Å²) in [5, 5.41) is 15.3. The molecule has 1 aromatic rings. The van der Waals surface area contributed by atoms with Crippen molar-refractivity contribution in [1.82, 2.24) is 15.1 Å². The Hall–Kier alpha value is -2.20. The Kier molecular flexibility index (Phi) is 5.26. The van der Waals surface area contributed by atoms with Gasteiger partial charge in [0.15, 0.2) is 5.66 Å². The van der Waals surface area contributed by atoms with Gasteiger partial charge in [0.25, 0.3) is 0 Å². The summed E-state index contributed by atoms with van der Waals surface area (Å²) in [4.78, 5) is 11.9. The maximum absolute atomic E-state index is 11.9. The minimum atomic E-state index is -0.385. The molecule has 128 valence electrons. The second-order valence-corrected chi connectivity index (χ2v) is 6.33. The summed E-state index contributed by atoms with van der Waals surface area (Å²) < 4.78 is 7.27. The summed E-state index contributed by atoms with van der Waals surface area (Å²) in [6.07, 6.45) is 12.7. The van der Waals surface area contributed by atoms with Crippen molar-refractivity contribution in [2.75, 3.05) is 19.8 Å². The fourth-order valence-corrected chi connectivity index (χ4v) is 2.89. The summed E-state index contributed by atoms with van der Waals surface area (Å²) in [5.41, 5.74) is 0.829. The zero-order valence-electron chi connectivity index (χ0n) is 13.8. The number of rotatable bonds is 9. The Morgan fingerprint density at radius 3 is 3.08 bits per heavy atom. The van der Waals surface area contributed by atoms with Crippen LogP contribution in [0, 0.1) is 12.3 Å². The lowest BCUT2D eigenvalue weighted by atomic mass is 10.0. The van der Waals surface area contributed by atoms with Gasteiger partial charge >= 0.3 is 0 Å². The van der Waals surface area contributed by atoms with E-state index in [0.29, 0.717) is 38.3 Å². The molecular weight excluding hydrogens is 306 g/mol. The molecule has 7 heteroatoms. The highest BCUT2D eigenvalue weighted by Gasteiger charge is 2.39. The highest BCUT2D eigenvalue weighted by molar-refractivity contribution is 5.75. The molecule has 3 rings (SSSR count). The molecular formula is C17H23N5O2. The standard InChI is InChI=1S/C17H23N5O2/c1-2-3-6-17(20-21-17)7-4-16(23)18-8-9-22-12-15(11-19-22)14-5-10-24-13-14/h1,11-12,14H,3-10,13H2,(H,18,23). The number of nitrogens with one attached hydrogen (secondary N) is 1. The van der Waals surface area contributed by atoms with Gasteiger partial charge in [-0.25, -0.2) is 0 Å². The summed E-state index contributed by atoms with van der Waals surface area (Å²) >= 11 is 0. The molecule has 0 aliphatic carbocycles. The van der Waals surface area contributed by atoms with Crippen LogP contribution in [0.15, 0.2) is 22.6 Å².